The molecular formula is C32H44O10. The summed E-state index contributed by atoms with van der Waals surface area (Å²) in [4.78, 5) is 49.5. The monoisotopic (exact) mass is 588 g/mol. The summed E-state index contributed by atoms with van der Waals surface area (Å²) < 4.78 is 30.1. The molecule has 2 heterocycles. The highest BCUT2D eigenvalue weighted by Crippen LogP contribution is 2.82. The van der Waals surface area contributed by atoms with Gasteiger partial charge in [0.2, 0.25) is 6.29 Å². The maximum absolute atomic E-state index is 12.7. The van der Waals surface area contributed by atoms with E-state index in [1.165, 1.54) is 26.8 Å². The minimum Gasteiger partial charge on any atom is -0.462 e. The molecule has 12 atom stereocenters. The summed E-state index contributed by atoms with van der Waals surface area (Å²) in [5.41, 5.74) is -2.29. The molecule has 4 saturated carbocycles. The molecule has 0 radical (unpaired) electrons. The van der Waals surface area contributed by atoms with Crippen molar-refractivity contribution in [2.24, 2.45) is 39.4 Å². The van der Waals surface area contributed by atoms with Gasteiger partial charge in [-0.2, -0.15) is 0 Å². The molecule has 6 rings (SSSR count). The van der Waals surface area contributed by atoms with E-state index in [9.17, 15) is 24.3 Å². The second kappa shape index (κ2) is 9.03. The van der Waals surface area contributed by atoms with Crippen LogP contribution in [0.15, 0.2) is 11.6 Å². The number of ether oxygens (including phenoxy) is 5. The average Bonchev–Trinajstić information content (AvgIpc) is 3.42. The van der Waals surface area contributed by atoms with Crippen molar-refractivity contribution in [1.29, 1.82) is 0 Å². The molecule has 10 heteroatoms. The summed E-state index contributed by atoms with van der Waals surface area (Å²) in [6.45, 7) is 15.0. The van der Waals surface area contributed by atoms with Gasteiger partial charge in [-0.3, -0.25) is 14.4 Å². The zero-order chi connectivity index (χ0) is 30.8. The Bertz CT molecular complexity index is 1270. The van der Waals surface area contributed by atoms with Gasteiger partial charge in [0, 0.05) is 60.5 Å². The third kappa shape index (κ3) is 3.57. The van der Waals surface area contributed by atoms with Crippen molar-refractivity contribution in [3.8, 4) is 0 Å². The van der Waals surface area contributed by atoms with Crippen LogP contribution >= 0.6 is 0 Å². The topological polar surface area (TPSA) is 138 Å². The first-order valence-corrected chi connectivity index (χ1v) is 15.2. The molecule has 0 aromatic rings. The number of epoxide rings is 1. The van der Waals surface area contributed by atoms with Gasteiger partial charge in [0.05, 0.1) is 6.10 Å². The van der Waals surface area contributed by atoms with Crippen LogP contribution in [-0.2, 0) is 42.9 Å². The molecule has 10 nitrogen and oxygen atoms in total. The van der Waals surface area contributed by atoms with Crippen molar-refractivity contribution in [3.05, 3.63) is 11.6 Å². The Balaban J connectivity index is 1.49. The van der Waals surface area contributed by atoms with E-state index >= 15 is 0 Å². The normalized spacial score (nSPS) is 49.7. The molecule has 42 heavy (non-hydrogen) atoms. The zero-order valence-electron chi connectivity index (χ0n) is 25.9. The molecule has 0 aromatic carbocycles. The summed E-state index contributed by atoms with van der Waals surface area (Å²) >= 11 is 0. The lowest BCUT2D eigenvalue weighted by Gasteiger charge is -2.70. The molecule has 5 fully saturated rings. The van der Waals surface area contributed by atoms with Crippen molar-refractivity contribution in [2.75, 3.05) is 0 Å². The van der Waals surface area contributed by atoms with E-state index < -0.39 is 63.8 Å². The van der Waals surface area contributed by atoms with Crippen LogP contribution in [0.5, 0.6) is 0 Å². The van der Waals surface area contributed by atoms with Gasteiger partial charge in [0.1, 0.15) is 23.9 Å². The van der Waals surface area contributed by atoms with Crippen LogP contribution in [0.3, 0.4) is 0 Å². The number of aliphatic hydroxyl groups is 1. The van der Waals surface area contributed by atoms with E-state index in [2.05, 4.69) is 34.6 Å². The fraction of sp³-hybridized carbons (Fsp3) is 0.812. The number of cyclic esters (lactones) is 1. The van der Waals surface area contributed by atoms with E-state index in [4.69, 9.17) is 23.7 Å². The molecule has 1 saturated heterocycles. The molecule has 0 amide bonds. The van der Waals surface area contributed by atoms with Crippen molar-refractivity contribution in [2.45, 2.75) is 124 Å². The first-order chi connectivity index (χ1) is 19.4. The Kier molecular flexibility index (Phi) is 6.37. The number of fused-ring (bicyclic) bond motifs is 3. The van der Waals surface area contributed by atoms with Crippen LogP contribution in [0, 0.1) is 39.4 Å². The second-order valence-corrected chi connectivity index (χ2v) is 14.9. The molecule has 0 bridgehead atoms. The highest BCUT2D eigenvalue weighted by molar-refractivity contribution is 5.85. The highest BCUT2D eigenvalue weighted by atomic mass is 16.6. The Morgan fingerprint density at radius 2 is 1.45 bits per heavy atom. The van der Waals surface area contributed by atoms with E-state index in [1.807, 2.05) is 0 Å². The van der Waals surface area contributed by atoms with E-state index in [1.54, 1.807) is 0 Å². The zero-order valence-corrected chi connectivity index (χ0v) is 25.9. The van der Waals surface area contributed by atoms with Gasteiger partial charge >= 0.3 is 23.9 Å². The summed E-state index contributed by atoms with van der Waals surface area (Å²) in [6, 6.07) is 0. The second-order valence-electron chi connectivity index (χ2n) is 14.9. The van der Waals surface area contributed by atoms with Crippen LogP contribution < -0.4 is 0 Å². The third-order valence-corrected chi connectivity index (χ3v) is 12.9. The smallest absolute Gasteiger partial charge is 0.333 e. The van der Waals surface area contributed by atoms with Crippen molar-refractivity contribution in [1.82, 2.24) is 0 Å². The molecule has 4 aliphatic carbocycles. The predicted octanol–water partition coefficient (Wildman–Crippen LogP) is 3.62. The Morgan fingerprint density at radius 1 is 0.857 bits per heavy atom. The van der Waals surface area contributed by atoms with Gasteiger partial charge in [-0.05, 0) is 43.4 Å². The predicted molar refractivity (Wildman–Crippen MR) is 146 cm³/mol. The molecular weight excluding hydrogens is 544 g/mol. The molecule has 1 N–H and O–H groups in total. The number of rotatable bonds is 4. The first kappa shape index (κ1) is 29.6. The number of carbonyl (C=O) groups is 4. The number of esters is 4. The van der Waals surface area contributed by atoms with Gasteiger partial charge in [0.15, 0.2) is 0 Å². The maximum Gasteiger partial charge on any atom is 0.333 e. The minimum absolute atomic E-state index is 0.0767. The van der Waals surface area contributed by atoms with E-state index in [0.717, 1.165) is 12.8 Å². The Morgan fingerprint density at radius 3 is 2.02 bits per heavy atom. The number of hydrogen-bond acceptors (Lipinski definition) is 10. The first-order valence-electron chi connectivity index (χ1n) is 15.2. The maximum atomic E-state index is 12.7. The molecule has 232 valence electrons. The van der Waals surface area contributed by atoms with Crippen molar-refractivity contribution < 1.29 is 48.0 Å². The summed E-state index contributed by atoms with van der Waals surface area (Å²) in [6.07, 6.45) is 1.41. The van der Waals surface area contributed by atoms with Crippen LogP contribution in [0.25, 0.3) is 0 Å². The van der Waals surface area contributed by atoms with Gasteiger partial charge < -0.3 is 28.8 Å². The lowest BCUT2D eigenvalue weighted by molar-refractivity contribution is -0.290. The summed E-state index contributed by atoms with van der Waals surface area (Å²) in [5.74, 6) is -2.04. The molecule has 6 aliphatic rings. The lowest BCUT2D eigenvalue weighted by atomic mass is 9.35. The highest BCUT2D eigenvalue weighted by Gasteiger charge is 2.88. The van der Waals surface area contributed by atoms with Crippen LogP contribution in [0.4, 0.5) is 0 Å². The van der Waals surface area contributed by atoms with Crippen LogP contribution in [0.2, 0.25) is 0 Å². The molecule has 1 spiro atoms. The van der Waals surface area contributed by atoms with Crippen molar-refractivity contribution in [3.63, 3.8) is 0 Å². The van der Waals surface area contributed by atoms with E-state index in [0.29, 0.717) is 24.8 Å². The lowest BCUT2D eigenvalue weighted by Crippen LogP contribution is -2.74. The Hall–Kier alpha value is -2.46. The average molecular weight is 589 g/mol. The molecule has 0 aromatic heterocycles. The van der Waals surface area contributed by atoms with Gasteiger partial charge in [-0.15, -0.1) is 0 Å². The van der Waals surface area contributed by atoms with Crippen LogP contribution in [-0.4, -0.2) is 65.3 Å². The fourth-order valence-electron chi connectivity index (χ4n) is 11.3. The summed E-state index contributed by atoms with van der Waals surface area (Å²) in [7, 11) is 0. The van der Waals surface area contributed by atoms with Gasteiger partial charge in [0.25, 0.3) is 0 Å². The quantitative estimate of drug-likeness (QED) is 0.294. The number of carbonyl (C=O) groups excluding carboxylic acids is 4. The van der Waals surface area contributed by atoms with E-state index in [-0.39, 0.29) is 35.8 Å². The fourth-order valence-corrected chi connectivity index (χ4v) is 11.3. The SMILES string of the molecule is CC(=O)OC1CC(OC(C)=O)C2(C)C(CC(OC(C)=O)C3(C)C2CCC2(C)C(C4=CC(=O)OC4O)CC4OC423)C1(C)C. The van der Waals surface area contributed by atoms with Gasteiger partial charge in [-0.25, -0.2) is 4.79 Å². The number of aliphatic hydroxyl groups excluding tert-OH is 1. The Labute approximate surface area is 246 Å². The van der Waals surface area contributed by atoms with Crippen LogP contribution in [0.1, 0.15) is 87.5 Å². The van der Waals surface area contributed by atoms with Gasteiger partial charge in [-0.1, -0.05) is 34.6 Å². The molecule has 12 unspecified atom stereocenters. The summed E-state index contributed by atoms with van der Waals surface area (Å²) in [5, 5.41) is 10.6. The standard InChI is InChI=1S/C32H44O10/c1-15(33)38-22-14-23(39-16(2)34)30(7)20-9-10-29(6)19(18-11-26(36)41-27(18)37)12-25-32(29,42-25)31(20,8)24(40-17(3)35)13-21(30)28(22,4)5/h11,19-25,27,37H,9-10,12-14H2,1-8H3. The van der Waals surface area contributed by atoms with Crippen molar-refractivity contribution >= 4 is 23.9 Å². The minimum atomic E-state index is -1.28. The largest absolute Gasteiger partial charge is 0.462 e. The molecule has 2 aliphatic heterocycles. The third-order valence-electron chi connectivity index (χ3n) is 12.9. The number of hydrogen-bond donors (Lipinski definition) is 1.